The molecule has 0 bridgehead atoms. The Morgan fingerprint density at radius 1 is 1.00 bits per heavy atom. The van der Waals surface area contributed by atoms with Gasteiger partial charge in [-0.2, -0.15) is 0 Å². The van der Waals surface area contributed by atoms with Crippen LogP contribution in [0.5, 0.6) is 0 Å². The van der Waals surface area contributed by atoms with Gasteiger partial charge in [-0.25, -0.2) is 4.98 Å². The van der Waals surface area contributed by atoms with E-state index in [2.05, 4.69) is 15.6 Å². The van der Waals surface area contributed by atoms with Crippen molar-refractivity contribution in [3.05, 3.63) is 71.7 Å². The van der Waals surface area contributed by atoms with E-state index in [4.69, 9.17) is 0 Å². The number of carbonyl (C=O) groups is 1. The summed E-state index contributed by atoms with van der Waals surface area (Å²) in [7, 11) is 0. The van der Waals surface area contributed by atoms with Crippen LogP contribution < -0.4 is 10.6 Å². The number of nitrogens with one attached hydrogen (secondary N) is 2. The van der Waals surface area contributed by atoms with Crippen molar-refractivity contribution < 1.29 is 4.79 Å². The molecule has 5 heteroatoms. The molecule has 0 spiro atoms. The minimum Gasteiger partial charge on any atom is -0.355 e. The van der Waals surface area contributed by atoms with Crippen LogP contribution in [-0.4, -0.2) is 10.9 Å². The molecule has 0 saturated heterocycles. The highest BCUT2D eigenvalue weighted by Crippen LogP contribution is 2.22. The quantitative estimate of drug-likeness (QED) is 0.760. The zero-order valence-corrected chi connectivity index (χ0v) is 11.9. The van der Waals surface area contributed by atoms with Crippen molar-refractivity contribution in [2.75, 3.05) is 10.6 Å². The third-order valence-corrected chi connectivity index (χ3v) is 3.57. The number of rotatable bonds is 4. The van der Waals surface area contributed by atoms with E-state index in [-0.39, 0.29) is 5.91 Å². The SMILES string of the molecule is O=C(Nc1nccs1)c1ccccc1Nc1ccccc1. The topological polar surface area (TPSA) is 54.0 Å². The van der Waals surface area contributed by atoms with Crippen LogP contribution in [0.4, 0.5) is 16.5 Å². The van der Waals surface area contributed by atoms with E-state index in [0.29, 0.717) is 10.7 Å². The molecule has 2 aromatic carbocycles. The average molecular weight is 295 g/mol. The van der Waals surface area contributed by atoms with Crippen LogP contribution in [-0.2, 0) is 0 Å². The molecule has 104 valence electrons. The molecule has 0 fully saturated rings. The molecule has 2 N–H and O–H groups in total. The second-order valence-corrected chi connectivity index (χ2v) is 5.22. The molecule has 1 amide bonds. The number of anilines is 3. The summed E-state index contributed by atoms with van der Waals surface area (Å²) in [4.78, 5) is 16.4. The third-order valence-electron chi connectivity index (χ3n) is 2.88. The normalized spacial score (nSPS) is 10.1. The summed E-state index contributed by atoms with van der Waals surface area (Å²) in [6, 6.07) is 17.1. The summed E-state index contributed by atoms with van der Waals surface area (Å²) >= 11 is 1.39. The lowest BCUT2D eigenvalue weighted by atomic mass is 10.1. The zero-order chi connectivity index (χ0) is 14.5. The maximum atomic E-state index is 12.3. The molecule has 21 heavy (non-hydrogen) atoms. The Kier molecular flexibility index (Phi) is 3.93. The minimum absolute atomic E-state index is 0.177. The van der Waals surface area contributed by atoms with Gasteiger partial charge >= 0.3 is 0 Å². The highest BCUT2D eigenvalue weighted by molar-refractivity contribution is 7.13. The first-order valence-electron chi connectivity index (χ1n) is 6.45. The summed E-state index contributed by atoms with van der Waals surface area (Å²) in [5, 5.41) is 8.46. The predicted molar refractivity (Wildman–Crippen MR) is 86.2 cm³/mol. The molecule has 0 aliphatic rings. The van der Waals surface area contributed by atoms with Crippen molar-refractivity contribution in [2.24, 2.45) is 0 Å². The molecule has 0 unspecified atom stereocenters. The summed E-state index contributed by atoms with van der Waals surface area (Å²) in [5.41, 5.74) is 2.28. The molecule has 1 heterocycles. The van der Waals surface area contributed by atoms with E-state index < -0.39 is 0 Å². The van der Waals surface area contributed by atoms with E-state index in [0.717, 1.165) is 11.4 Å². The van der Waals surface area contributed by atoms with Gasteiger partial charge in [0.25, 0.3) is 5.91 Å². The summed E-state index contributed by atoms with van der Waals surface area (Å²) in [6.07, 6.45) is 1.66. The molecule has 0 saturated carbocycles. The van der Waals surface area contributed by atoms with E-state index in [9.17, 15) is 4.79 Å². The van der Waals surface area contributed by atoms with Gasteiger partial charge in [0, 0.05) is 17.3 Å². The molecule has 3 rings (SSSR count). The van der Waals surface area contributed by atoms with Crippen LogP contribution >= 0.6 is 11.3 Å². The van der Waals surface area contributed by atoms with Gasteiger partial charge in [0.05, 0.1) is 11.3 Å². The highest BCUT2D eigenvalue weighted by atomic mass is 32.1. The minimum atomic E-state index is -0.177. The van der Waals surface area contributed by atoms with Crippen LogP contribution in [0.15, 0.2) is 66.2 Å². The molecule has 0 atom stereocenters. The van der Waals surface area contributed by atoms with E-state index in [1.165, 1.54) is 11.3 Å². The largest absolute Gasteiger partial charge is 0.355 e. The van der Waals surface area contributed by atoms with Crippen molar-refractivity contribution in [1.82, 2.24) is 4.98 Å². The van der Waals surface area contributed by atoms with E-state index in [1.54, 1.807) is 12.3 Å². The molecule has 1 aromatic heterocycles. The van der Waals surface area contributed by atoms with Gasteiger partial charge in [0.1, 0.15) is 0 Å². The zero-order valence-electron chi connectivity index (χ0n) is 11.1. The maximum absolute atomic E-state index is 12.3. The number of aromatic nitrogens is 1. The van der Waals surface area contributed by atoms with Gasteiger partial charge < -0.3 is 5.32 Å². The number of nitrogens with zero attached hydrogens (tertiary/aromatic N) is 1. The van der Waals surface area contributed by atoms with Crippen molar-refractivity contribution in [1.29, 1.82) is 0 Å². The van der Waals surface area contributed by atoms with Gasteiger partial charge in [-0.3, -0.25) is 10.1 Å². The molecule has 0 aliphatic heterocycles. The lowest BCUT2D eigenvalue weighted by Gasteiger charge is -2.11. The Hall–Kier alpha value is -2.66. The lowest BCUT2D eigenvalue weighted by Crippen LogP contribution is -2.13. The fraction of sp³-hybridized carbons (Fsp3) is 0. The fourth-order valence-corrected chi connectivity index (χ4v) is 2.44. The molecular formula is C16H13N3OS. The maximum Gasteiger partial charge on any atom is 0.259 e. The Bertz CT molecular complexity index is 726. The standard InChI is InChI=1S/C16H13N3OS/c20-15(19-16-17-10-11-21-16)13-8-4-5-9-14(13)18-12-6-2-1-3-7-12/h1-11,18H,(H,17,19,20). The third kappa shape index (κ3) is 3.27. The van der Waals surface area contributed by atoms with Crippen LogP contribution in [0.2, 0.25) is 0 Å². The lowest BCUT2D eigenvalue weighted by molar-refractivity contribution is 0.102. The van der Waals surface area contributed by atoms with Crippen LogP contribution in [0.25, 0.3) is 0 Å². The number of hydrogen-bond donors (Lipinski definition) is 2. The first-order chi connectivity index (χ1) is 10.3. The van der Waals surface area contributed by atoms with Gasteiger partial charge in [0.2, 0.25) is 0 Å². The Morgan fingerprint density at radius 2 is 1.76 bits per heavy atom. The monoisotopic (exact) mass is 295 g/mol. The van der Waals surface area contributed by atoms with Crippen molar-refractivity contribution in [2.45, 2.75) is 0 Å². The van der Waals surface area contributed by atoms with Crippen molar-refractivity contribution in [3.63, 3.8) is 0 Å². The van der Waals surface area contributed by atoms with Crippen molar-refractivity contribution in [3.8, 4) is 0 Å². The van der Waals surface area contributed by atoms with Gasteiger partial charge in [-0.05, 0) is 24.3 Å². The number of benzene rings is 2. The van der Waals surface area contributed by atoms with Crippen LogP contribution in [0.1, 0.15) is 10.4 Å². The number of para-hydroxylation sites is 2. The summed E-state index contributed by atoms with van der Waals surface area (Å²) < 4.78 is 0. The summed E-state index contributed by atoms with van der Waals surface area (Å²) in [5.74, 6) is -0.177. The molecule has 0 radical (unpaired) electrons. The Morgan fingerprint density at radius 3 is 2.52 bits per heavy atom. The van der Waals surface area contributed by atoms with Crippen LogP contribution in [0, 0.1) is 0 Å². The first kappa shape index (κ1) is 13.3. The number of amides is 1. The number of carbonyl (C=O) groups excluding carboxylic acids is 1. The predicted octanol–water partition coefficient (Wildman–Crippen LogP) is 4.14. The van der Waals surface area contributed by atoms with E-state index in [1.807, 2.05) is 53.9 Å². The van der Waals surface area contributed by atoms with Gasteiger partial charge in [-0.1, -0.05) is 30.3 Å². The molecular weight excluding hydrogens is 282 g/mol. The molecule has 3 aromatic rings. The number of hydrogen-bond acceptors (Lipinski definition) is 4. The molecule has 4 nitrogen and oxygen atoms in total. The first-order valence-corrected chi connectivity index (χ1v) is 7.33. The molecule has 0 aliphatic carbocycles. The summed E-state index contributed by atoms with van der Waals surface area (Å²) in [6.45, 7) is 0. The van der Waals surface area contributed by atoms with Crippen LogP contribution in [0.3, 0.4) is 0 Å². The average Bonchev–Trinajstić information content (AvgIpc) is 3.02. The Labute approximate surface area is 126 Å². The van der Waals surface area contributed by atoms with Crippen molar-refractivity contribution >= 4 is 33.8 Å². The smallest absolute Gasteiger partial charge is 0.259 e. The number of thiazole rings is 1. The second-order valence-electron chi connectivity index (χ2n) is 4.33. The fourth-order valence-electron chi connectivity index (χ4n) is 1.92. The van der Waals surface area contributed by atoms with Gasteiger partial charge in [0.15, 0.2) is 5.13 Å². The van der Waals surface area contributed by atoms with E-state index >= 15 is 0 Å². The second kappa shape index (κ2) is 6.19. The van der Waals surface area contributed by atoms with Gasteiger partial charge in [-0.15, -0.1) is 11.3 Å². The highest BCUT2D eigenvalue weighted by Gasteiger charge is 2.12. The Balaban J connectivity index is 1.84.